The summed E-state index contributed by atoms with van der Waals surface area (Å²) in [5, 5.41) is 21.6. The van der Waals surface area contributed by atoms with Crippen LogP contribution in [0.4, 0.5) is 28.9 Å². The highest BCUT2D eigenvalue weighted by molar-refractivity contribution is 6.32. The monoisotopic (exact) mass is 1340 g/mol. The first-order valence-electron chi connectivity index (χ1n) is 31.4. The number of aromatic nitrogens is 2. The average Bonchev–Trinajstić information content (AvgIpc) is 1.52. The Labute approximate surface area is 547 Å². The van der Waals surface area contributed by atoms with E-state index in [-0.39, 0.29) is 106 Å². The van der Waals surface area contributed by atoms with E-state index in [4.69, 9.17) is 61.6 Å². The Balaban J connectivity index is 0.000000172. The third-order valence-electron chi connectivity index (χ3n) is 21.5. The molecule has 4 aromatic rings. The van der Waals surface area contributed by atoms with Gasteiger partial charge in [-0.3, -0.25) is 28.8 Å². The fraction of sp³-hybridized carbons (Fsp3) is 0.582. The van der Waals surface area contributed by atoms with Gasteiger partial charge in [0, 0.05) is 77.1 Å². The predicted octanol–water partition coefficient (Wildman–Crippen LogP) is 12.7. The maximum absolute atomic E-state index is 16.1. The third kappa shape index (κ3) is 12.7. The molecule has 6 fully saturated rings. The minimum absolute atomic E-state index is 0.0326. The van der Waals surface area contributed by atoms with Gasteiger partial charge in [0.2, 0.25) is 23.6 Å². The van der Waals surface area contributed by atoms with Crippen LogP contribution in [0.25, 0.3) is 0 Å². The van der Waals surface area contributed by atoms with Gasteiger partial charge in [0.15, 0.2) is 21.9 Å². The minimum Gasteiger partial charge on any atom is -0.481 e. The molecule has 2 saturated heterocycles. The van der Waals surface area contributed by atoms with E-state index in [1.165, 1.54) is 18.5 Å². The molecule has 1 unspecified atom stereocenters. The van der Waals surface area contributed by atoms with Gasteiger partial charge in [-0.15, -0.1) is 0 Å². The summed E-state index contributed by atoms with van der Waals surface area (Å²) in [6, 6.07) is 13.6. The van der Waals surface area contributed by atoms with Crippen molar-refractivity contribution in [1.82, 2.24) is 20.6 Å². The molecule has 4 aliphatic carbocycles. The lowest BCUT2D eigenvalue weighted by molar-refractivity contribution is -0.142. The molecule has 7 N–H and O–H groups in total. The smallest absolute Gasteiger partial charge is 0.307 e. The zero-order valence-electron chi connectivity index (χ0n) is 51.5. The number of nitrogens with one attached hydrogen (secondary N) is 4. The van der Waals surface area contributed by atoms with E-state index in [1.807, 2.05) is 6.07 Å². The number of carbonyl (C=O) groups excluding carboxylic acids is 5. The van der Waals surface area contributed by atoms with Crippen LogP contribution >= 0.6 is 46.4 Å². The van der Waals surface area contributed by atoms with Crippen molar-refractivity contribution in [1.29, 1.82) is 0 Å². The Morgan fingerprint density at radius 3 is 1.46 bits per heavy atom. The molecule has 4 saturated carbocycles. The number of hydrogen-bond donors (Lipinski definition) is 6. The highest BCUT2D eigenvalue weighted by atomic mass is 35.5. The quantitative estimate of drug-likeness (QED) is 0.0573. The number of carbonyl (C=O) groups is 6. The number of Topliss-reactive ketones (excluding diaryl/α,β-unsaturated/α-hetero) is 1. The van der Waals surface area contributed by atoms with E-state index in [2.05, 4.69) is 58.9 Å². The van der Waals surface area contributed by atoms with E-state index < -0.39 is 88.5 Å². The highest BCUT2D eigenvalue weighted by Gasteiger charge is 2.74. The highest BCUT2D eigenvalue weighted by Crippen LogP contribution is 2.74. The number of pyridine rings is 2. The van der Waals surface area contributed by atoms with Crippen LogP contribution in [0, 0.1) is 51.0 Å². The fourth-order valence-corrected chi connectivity index (χ4v) is 17.6. The van der Waals surface area contributed by atoms with Crippen molar-refractivity contribution >= 4 is 93.2 Å². The van der Waals surface area contributed by atoms with Crippen LogP contribution < -0.4 is 27.0 Å². The number of carboxylic acid groups (broad SMARTS) is 1. The van der Waals surface area contributed by atoms with Gasteiger partial charge in [-0.2, -0.15) is 0 Å². The molecule has 0 radical (unpaired) electrons. The molecule has 12 rings (SSSR count). The van der Waals surface area contributed by atoms with Crippen molar-refractivity contribution in [2.24, 2.45) is 45.1 Å². The number of fused-ring (bicyclic) bond motifs is 6. The minimum atomic E-state index is -1.25. The maximum Gasteiger partial charge on any atom is 0.307 e. The summed E-state index contributed by atoms with van der Waals surface area (Å²) in [6.07, 6.45) is 11.2. The summed E-state index contributed by atoms with van der Waals surface area (Å²) in [7, 11) is 0. The van der Waals surface area contributed by atoms with Gasteiger partial charge in [0.05, 0.1) is 30.0 Å². The van der Waals surface area contributed by atoms with Crippen LogP contribution in [0.2, 0.25) is 20.4 Å². The number of ether oxygens (including phenoxy) is 2. The largest absolute Gasteiger partial charge is 0.481 e. The van der Waals surface area contributed by atoms with E-state index in [9.17, 15) is 42.7 Å². The van der Waals surface area contributed by atoms with E-state index in [0.29, 0.717) is 85.0 Å². The molecule has 10 atom stereocenters. The number of ketones is 1. The van der Waals surface area contributed by atoms with Crippen molar-refractivity contribution < 1.29 is 60.9 Å². The number of hydrogen-bond acceptors (Lipinski definition) is 11. The second-order valence-corrected chi connectivity index (χ2v) is 29.4. The average molecular weight is 1340 g/mol. The number of anilines is 2. The molecular weight excluding hydrogens is 1260 g/mol. The van der Waals surface area contributed by atoms with Gasteiger partial charge in [-0.1, -0.05) is 86.2 Å². The lowest BCUT2D eigenvalue weighted by Gasteiger charge is -2.51. The second-order valence-electron chi connectivity index (χ2n) is 27.8. The number of amides is 4. The Morgan fingerprint density at radius 2 is 1.05 bits per heavy atom. The van der Waals surface area contributed by atoms with Gasteiger partial charge < -0.3 is 41.6 Å². The molecule has 4 aliphatic heterocycles. The molecule has 24 heteroatoms. The summed E-state index contributed by atoms with van der Waals surface area (Å²) in [5.74, 6) is -7.21. The summed E-state index contributed by atoms with van der Waals surface area (Å²) in [4.78, 5) is 87.1. The van der Waals surface area contributed by atoms with Crippen LogP contribution in [-0.2, 0) is 49.1 Å². The molecule has 6 heterocycles. The molecule has 0 bridgehead atoms. The number of halogens is 8. The van der Waals surface area contributed by atoms with Crippen molar-refractivity contribution in [2.45, 2.75) is 165 Å². The fourth-order valence-electron chi connectivity index (χ4n) is 16.9. The molecular formula is C67H79Cl4F4N7O9. The normalized spacial score (nSPS) is 29.5. The van der Waals surface area contributed by atoms with Crippen LogP contribution in [0.3, 0.4) is 0 Å². The lowest BCUT2D eigenvalue weighted by atomic mass is 9.51. The number of carboxylic acids is 1. The Hall–Kier alpha value is -5.48. The van der Waals surface area contributed by atoms with Crippen LogP contribution in [0.5, 0.6) is 0 Å². The first-order chi connectivity index (χ1) is 43.2. The van der Waals surface area contributed by atoms with Crippen molar-refractivity contribution in [3.63, 3.8) is 0 Å². The Kier molecular flexibility index (Phi) is 20.4. The summed E-state index contributed by atoms with van der Waals surface area (Å²) >= 11 is 24.9. The van der Waals surface area contributed by atoms with E-state index in [0.717, 1.165) is 37.7 Å². The Bertz CT molecular complexity index is 3440. The number of alkyl halides is 2. The number of benzene rings is 2. The Morgan fingerprint density at radius 1 is 0.626 bits per heavy atom. The van der Waals surface area contributed by atoms with Gasteiger partial charge >= 0.3 is 5.97 Å². The lowest BCUT2D eigenvalue weighted by Crippen LogP contribution is -2.52. The number of nitrogens with two attached hydrogens (primary N) is 1. The van der Waals surface area contributed by atoms with Gasteiger partial charge in [0.25, 0.3) is 0 Å². The molecule has 4 amide bonds. The third-order valence-corrected chi connectivity index (χ3v) is 22.5. The molecule has 4 spiro atoms. The molecule has 2 aromatic carbocycles. The first-order valence-corrected chi connectivity index (χ1v) is 32.9. The zero-order chi connectivity index (χ0) is 65.6. The summed E-state index contributed by atoms with van der Waals surface area (Å²) < 4.78 is 66.8. The van der Waals surface area contributed by atoms with Crippen molar-refractivity contribution in [3.8, 4) is 0 Å². The molecule has 492 valence electrons. The molecule has 2 aromatic heterocycles. The number of rotatable bonds is 12. The summed E-state index contributed by atoms with van der Waals surface area (Å²) in [5.41, 5.74) is 4.95. The SMILES string of the molecule is CC1(C)CCC2(CC1)C[C@@H](C(=O)C[C@@H]1CC[C@@H](C(=O)NCCF)OC1)[C@H](c1ccnc(Cl)c1F)[C@]21C(=O)Nc2cc(Cl)ccc21.CC1(C)CCC2(CC1)C[C@@H](C(=O)O)[C@H](c1ccnc(Cl)c1F)C21C(=O)Nc2cc(Cl)ccc21.N[C@@H]1CC[C@@H](C(=O)NCCF)OC1. The molecule has 8 aliphatic rings. The van der Waals surface area contributed by atoms with Gasteiger partial charge in [0.1, 0.15) is 31.3 Å². The predicted molar refractivity (Wildman–Crippen MR) is 338 cm³/mol. The number of nitrogens with zero attached hydrogens (tertiary/aromatic N) is 2. The van der Waals surface area contributed by atoms with Crippen molar-refractivity contribution in [2.75, 3.05) is 50.3 Å². The van der Waals surface area contributed by atoms with Crippen LogP contribution in [0.15, 0.2) is 60.9 Å². The van der Waals surface area contributed by atoms with E-state index >= 15 is 8.78 Å². The zero-order valence-corrected chi connectivity index (χ0v) is 54.5. The number of aliphatic carboxylic acids is 1. The van der Waals surface area contributed by atoms with Gasteiger partial charge in [-0.05, 0) is 176 Å². The van der Waals surface area contributed by atoms with Crippen LogP contribution in [-0.4, -0.2) is 108 Å². The van der Waals surface area contributed by atoms with Crippen LogP contribution in [0.1, 0.15) is 158 Å². The maximum atomic E-state index is 16.1. The van der Waals surface area contributed by atoms with Gasteiger partial charge in [-0.25, -0.2) is 27.5 Å². The molecule has 16 nitrogen and oxygen atoms in total. The standard InChI is InChI=1S/C34H39Cl2F2N3O4.C25H25Cl2FN2O3.C8H15FN2O2/c1-32(2)8-10-33(11-9-32)17-22(25(42)15-19-3-6-26(45-18-19)30(43)40-14-12-37)27(21-7-13-39-29(36)28(21)38)34(33)23-5-4-20(35)16-24(23)41-31(34)44;1-23(2)6-8-24(9-7-23)12-15(21(31)32)18(14-5-10-29-20(27)19(14)28)25(24)16-4-3-13(26)11-17(16)30-22(25)33;9-3-4-11-8(12)7-2-1-6(10)5-13-7/h4-5,7,13,16,19,22,26-27H,3,6,8-12,14-15,17-18H2,1-2H3,(H,40,43)(H,41,44);3-5,10-11,15,18H,6-9,12H2,1-2H3,(H,30,33)(H,31,32);6-7H,1-5,10H2,(H,11,12)/t19-,22-,26-,27-,34+;15-,18+,25?;6-,7+/m011/s1. The summed E-state index contributed by atoms with van der Waals surface area (Å²) in [6.45, 7) is 8.24. The van der Waals surface area contributed by atoms with Crippen molar-refractivity contribution in [3.05, 3.63) is 115 Å². The second kappa shape index (κ2) is 27.1. The van der Waals surface area contributed by atoms with E-state index in [1.54, 1.807) is 36.4 Å². The molecule has 91 heavy (non-hydrogen) atoms. The first kappa shape index (κ1) is 68.4. The topological polar surface area (TPSA) is 241 Å².